The molecule has 0 aliphatic rings. The molecule has 132 valence electrons. The highest BCUT2D eigenvalue weighted by Crippen LogP contribution is 2.26. The summed E-state index contributed by atoms with van der Waals surface area (Å²) >= 11 is 0. The van der Waals surface area contributed by atoms with Crippen LogP contribution in [0.1, 0.15) is 23.1 Å². The number of aromatic nitrogens is 1. The summed E-state index contributed by atoms with van der Waals surface area (Å²) < 4.78 is 16.2. The van der Waals surface area contributed by atoms with Gasteiger partial charge in [-0.3, -0.25) is 4.90 Å². The zero-order valence-corrected chi connectivity index (χ0v) is 14.6. The Morgan fingerprint density at radius 2 is 2.00 bits per heavy atom. The molecule has 0 amide bonds. The van der Waals surface area contributed by atoms with Gasteiger partial charge < -0.3 is 18.7 Å². The Morgan fingerprint density at radius 1 is 1.24 bits per heavy atom. The molecule has 0 saturated carbocycles. The Morgan fingerprint density at radius 3 is 2.60 bits per heavy atom. The van der Waals surface area contributed by atoms with E-state index in [2.05, 4.69) is 4.98 Å². The zero-order chi connectivity index (χ0) is 17.8. The maximum atomic E-state index is 9.85. The third-order valence-electron chi connectivity index (χ3n) is 4.23. The van der Waals surface area contributed by atoms with E-state index in [1.807, 2.05) is 49.2 Å². The lowest BCUT2D eigenvalue weighted by Gasteiger charge is -2.26. The number of likely N-dealkylation sites (N-methyl/N-ethyl adjacent to an activating group) is 1. The van der Waals surface area contributed by atoms with Gasteiger partial charge in [0.1, 0.15) is 11.5 Å². The highest BCUT2D eigenvalue weighted by molar-refractivity contribution is 5.44. The van der Waals surface area contributed by atoms with Gasteiger partial charge in [-0.1, -0.05) is 12.1 Å². The van der Waals surface area contributed by atoms with Crippen molar-refractivity contribution in [3.63, 3.8) is 0 Å². The number of hydrogen-bond acceptors (Lipinski definition) is 6. The first-order valence-electron chi connectivity index (χ1n) is 8.07. The molecule has 0 radical (unpaired) electrons. The van der Waals surface area contributed by atoms with E-state index in [4.69, 9.17) is 13.6 Å². The number of methoxy groups -OCH3 is 1. The molecule has 3 aromatic rings. The lowest BCUT2D eigenvalue weighted by Crippen LogP contribution is -2.27. The normalized spacial score (nSPS) is 12.5. The third-order valence-corrected chi connectivity index (χ3v) is 4.23. The van der Waals surface area contributed by atoms with E-state index in [9.17, 15) is 5.11 Å². The Balaban J connectivity index is 1.76. The van der Waals surface area contributed by atoms with E-state index in [1.165, 1.54) is 0 Å². The van der Waals surface area contributed by atoms with Crippen molar-refractivity contribution in [2.75, 3.05) is 20.8 Å². The van der Waals surface area contributed by atoms with Crippen LogP contribution in [0.4, 0.5) is 0 Å². The van der Waals surface area contributed by atoms with Crippen LogP contribution in [0, 0.1) is 6.92 Å². The van der Waals surface area contributed by atoms with Gasteiger partial charge in [-0.05, 0) is 43.8 Å². The first-order valence-corrected chi connectivity index (χ1v) is 8.07. The van der Waals surface area contributed by atoms with E-state index >= 15 is 0 Å². The lowest BCUT2D eigenvalue weighted by molar-refractivity contribution is 0.141. The van der Waals surface area contributed by atoms with Gasteiger partial charge >= 0.3 is 0 Å². The van der Waals surface area contributed by atoms with Gasteiger partial charge in [-0.2, -0.15) is 0 Å². The predicted molar refractivity (Wildman–Crippen MR) is 93.2 cm³/mol. The van der Waals surface area contributed by atoms with Crippen LogP contribution in [0.2, 0.25) is 0 Å². The maximum absolute atomic E-state index is 9.85. The van der Waals surface area contributed by atoms with Crippen LogP contribution in [-0.2, 0) is 6.54 Å². The molecule has 2 heterocycles. The van der Waals surface area contributed by atoms with Gasteiger partial charge in [0, 0.05) is 6.54 Å². The number of aryl methyl sites for hydroxylation is 1. The number of oxazole rings is 1. The number of benzene rings is 1. The number of nitrogens with zero attached hydrogens (tertiary/aromatic N) is 2. The molecule has 6 nitrogen and oxygen atoms in total. The number of rotatable bonds is 7. The van der Waals surface area contributed by atoms with Crippen molar-refractivity contribution in [2.45, 2.75) is 19.5 Å². The van der Waals surface area contributed by atoms with Gasteiger partial charge in [-0.15, -0.1) is 0 Å². The average molecular weight is 342 g/mol. The number of furan rings is 1. The van der Waals surface area contributed by atoms with Crippen LogP contribution in [0.5, 0.6) is 5.75 Å². The minimum Gasteiger partial charge on any atom is -0.497 e. The molecule has 2 aromatic heterocycles. The maximum Gasteiger partial charge on any atom is 0.263 e. The summed E-state index contributed by atoms with van der Waals surface area (Å²) in [5.41, 5.74) is 1.83. The van der Waals surface area contributed by atoms with Gasteiger partial charge in [0.2, 0.25) is 0 Å². The second-order valence-electron chi connectivity index (χ2n) is 5.89. The Bertz CT molecular complexity index is 793. The number of aliphatic hydroxyl groups excluding tert-OH is 1. The molecular weight excluding hydrogens is 320 g/mol. The molecule has 1 N–H and O–H groups in total. The minimum absolute atomic E-state index is 0.00473. The molecular formula is C19H22N2O4. The third kappa shape index (κ3) is 3.75. The van der Waals surface area contributed by atoms with Crippen molar-refractivity contribution in [3.8, 4) is 17.4 Å². The summed E-state index contributed by atoms with van der Waals surface area (Å²) in [6.45, 7) is 2.43. The number of aliphatic hydroxyl groups is 1. The summed E-state index contributed by atoms with van der Waals surface area (Å²) in [7, 11) is 3.58. The van der Waals surface area contributed by atoms with Crippen molar-refractivity contribution in [1.82, 2.24) is 9.88 Å². The van der Waals surface area contributed by atoms with Crippen LogP contribution in [-0.4, -0.2) is 35.8 Å². The fraction of sp³-hybridized carbons (Fsp3) is 0.316. The number of hydrogen-bond donors (Lipinski definition) is 1. The van der Waals surface area contributed by atoms with Crippen LogP contribution in [0.3, 0.4) is 0 Å². The van der Waals surface area contributed by atoms with E-state index in [0.717, 1.165) is 22.8 Å². The molecule has 0 spiro atoms. The summed E-state index contributed by atoms with van der Waals surface area (Å²) in [6.07, 6.45) is 1.59. The molecule has 0 aliphatic carbocycles. The Labute approximate surface area is 146 Å². The molecule has 6 heteroatoms. The van der Waals surface area contributed by atoms with Gasteiger partial charge in [0.25, 0.3) is 5.89 Å². The van der Waals surface area contributed by atoms with Crippen molar-refractivity contribution < 1.29 is 18.7 Å². The number of ether oxygens (including phenoxy) is 1. The van der Waals surface area contributed by atoms with Crippen LogP contribution < -0.4 is 4.74 Å². The first-order chi connectivity index (χ1) is 12.1. The van der Waals surface area contributed by atoms with Gasteiger partial charge in [0.15, 0.2) is 5.76 Å². The quantitative estimate of drug-likeness (QED) is 0.709. The molecule has 0 fully saturated rings. The minimum atomic E-state index is -0.144. The van der Waals surface area contributed by atoms with E-state index < -0.39 is 0 Å². The molecule has 0 aliphatic heterocycles. The lowest BCUT2D eigenvalue weighted by atomic mass is 10.1. The summed E-state index contributed by atoms with van der Waals surface area (Å²) in [6, 6.07) is 11.2. The molecule has 1 aromatic carbocycles. The summed E-state index contributed by atoms with van der Waals surface area (Å²) in [5.74, 6) is 2.60. The van der Waals surface area contributed by atoms with E-state index in [0.29, 0.717) is 18.2 Å². The molecule has 0 bridgehead atoms. The molecule has 0 saturated heterocycles. The fourth-order valence-corrected chi connectivity index (χ4v) is 2.75. The molecule has 0 unspecified atom stereocenters. The first kappa shape index (κ1) is 17.3. The molecule has 1 atom stereocenters. The zero-order valence-electron chi connectivity index (χ0n) is 14.6. The van der Waals surface area contributed by atoms with Crippen molar-refractivity contribution in [2.24, 2.45) is 0 Å². The van der Waals surface area contributed by atoms with E-state index in [-0.39, 0.29) is 12.6 Å². The van der Waals surface area contributed by atoms with E-state index in [1.54, 1.807) is 19.4 Å². The van der Waals surface area contributed by atoms with Crippen molar-refractivity contribution in [3.05, 3.63) is 59.7 Å². The van der Waals surface area contributed by atoms with Crippen molar-refractivity contribution in [1.29, 1.82) is 0 Å². The average Bonchev–Trinajstić information content (AvgIpc) is 3.27. The standard InChI is InChI=1S/C19H22N2O4/c1-13-16(20-19(25-13)18-5-4-10-24-18)11-21(2)17(12-22)14-6-8-15(23-3)9-7-14/h4-10,17,22H,11-12H2,1-3H3/t17-/m0/s1. The molecule has 25 heavy (non-hydrogen) atoms. The smallest absolute Gasteiger partial charge is 0.263 e. The SMILES string of the molecule is COc1ccc([C@H](CO)N(C)Cc2nc(-c3ccco3)oc2C)cc1. The second kappa shape index (κ2) is 7.55. The highest BCUT2D eigenvalue weighted by Gasteiger charge is 2.20. The van der Waals surface area contributed by atoms with Crippen LogP contribution in [0.25, 0.3) is 11.7 Å². The van der Waals surface area contributed by atoms with Gasteiger partial charge in [0.05, 0.1) is 31.7 Å². The molecule has 3 rings (SSSR count). The fourth-order valence-electron chi connectivity index (χ4n) is 2.75. The van der Waals surface area contributed by atoms with Crippen molar-refractivity contribution >= 4 is 0 Å². The summed E-state index contributed by atoms with van der Waals surface area (Å²) in [4.78, 5) is 6.57. The Hall–Kier alpha value is -2.57. The highest BCUT2D eigenvalue weighted by atomic mass is 16.5. The Kier molecular flexibility index (Phi) is 5.21. The van der Waals surface area contributed by atoms with Crippen LogP contribution in [0.15, 0.2) is 51.5 Å². The topological polar surface area (TPSA) is 71.9 Å². The largest absolute Gasteiger partial charge is 0.497 e. The second-order valence-corrected chi connectivity index (χ2v) is 5.89. The summed E-state index contributed by atoms with van der Waals surface area (Å²) in [5, 5.41) is 9.85. The predicted octanol–water partition coefficient (Wildman–Crippen LogP) is 3.42. The van der Waals surface area contributed by atoms with Gasteiger partial charge in [-0.25, -0.2) is 4.98 Å². The monoisotopic (exact) mass is 342 g/mol. The van der Waals surface area contributed by atoms with Crippen LogP contribution >= 0.6 is 0 Å².